The number of anilines is 1. The van der Waals surface area contributed by atoms with Gasteiger partial charge in [0.2, 0.25) is 0 Å². The summed E-state index contributed by atoms with van der Waals surface area (Å²) in [6.45, 7) is 3.19. The van der Waals surface area contributed by atoms with Crippen molar-refractivity contribution in [3.05, 3.63) is 41.2 Å². The van der Waals surface area contributed by atoms with E-state index < -0.39 is 0 Å². The normalized spacial score (nSPS) is 29.6. The monoisotopic (exact) mass is 293 g/mol. The van der Waals surface area contributed by atoms with E-state index in [2.05, 4.69) is 27.3 Å². The molecule has 0 saturated carbocycles. The summed E-state index contributed by atoms with van der Waals surface area (Å²) in [5.74, 6) is -0.182. The summed E-state index contributed by atoms with van der Waals surface area (Å²) in [6, 6.07) is 7.33. The molecule has 1 spiro atoms. The topological polar surface area (TPSA) is 27.3 Å². The molecule has 3 rings (SSSR count). The smallest absolute Gasteiger partial charge is 0.125 e. The number of nitrogens with zero attached hydrogens (tertiary/aromatic N) is 1. The Hall–Kier alpha value is -1.20. The minimum atomic E-state index is -0.182. The molecule has 1 aromatic carbocycles. The Kier molecular flexibility index (Phi) is 3.65. The first-order valence-electron chi connectivity index (χ1n) is 7.00. The lowest BCUT2D eigenvalue weighted by molar-refractivity contribution is 0.303. The van der Waals surface area contributed by atoms with Crippen LogP contribution in [0.3, 0.4) is 0 Å². The number of nitrogens with one attached hydrogen (secondary N) is 2. The first-order valence-corrected chi connectivity index (χ1v) is 7.84. The molecule has 2 aliphatic heterocycles. The van der Waals surface area contributed by atoms with Crippen LogP contribution in [0.25, 0.3) is 0 Å². The molecule has 0 aliphatic carbocycles. The molecular formula is C15H20FN3S. The third-order valence-electron chi connectivity index (χ3n) is 4.15. The van der Waals surface area contributed by atoms with Gasteiger partial charge in [0.05, 0.1) is 11.2 Å². The minimum absolute atomic E-state index is 0.0577. The van der Waals surface area contributed by atoms with Crippen LogP contribution in [-0.2, 0) is 0 Å². The molecule has 0 unspecified atom stereocenters. The van der Waals surface area contributed by atoms with E-state index in [4.69, 9.17) is 0 Å². The Morgan fingerprint density at radius 1 is 1.50 bits per heavy atom. The Morgan fingerprint density at radius 3 is 3.05 bits per heavy atom. The van der Waals surface area contributed by atoms with Gasteiger partial charge in [0.25, 0.3) is 0 Å². The molecule has 2 atom stereocenters. The molecule has 3 nitrogen and oxygen atoms in total. The van der Waals surface area contributed by atoms with Crippen LogP contribution in [0, 0.1) is 5.82 Å². The number of hydrogen-bond donors (Lipinski definition) is 2. The van der Waals surface area contributed by atoms with Crippen molar-refractivity contribution in [2.75, 3.05) is 17.9 Å². The zero-order chi connectivity index (χ0) is 14.2. The molecule has 1 saturated heterocycles. The summed E-state index contributed by atoms with van der Waals surface area (Å²) >= 11 is 1.66. The molecule has 0 amide bonds. The maximum Gasteiger partial charge on any atom is 0.125 e. The molecule has 5 heteroatoms. The largest absolute Gasteiger partial charge is 0.389 e. The predicted octanol–water partition coefficient (Wildman–Crippen LogP) is 2.87. The van der Waals surface area contributed by atoms with Crippen molar-refractivity contribution in [3.8, 4) is 0 Å². The Labute approximate surface area is 123 Å². The van der Waals surface area contributed by atoms with Gasteiger partial charge in [-0.05, 0) is 56.5 Å². The third kappa shape index (κ3) is 2.19. The van der Waals surface area contributed by atoms with Crippen LogP contribution < -0.4 is 14.9 Å². The first kappa shape index (κ1) is 13.8. The van der Waals surface area contributed by atoms with Gasteiger partial charge in [0.15, 0.2) is 0 Å². The Morgan fingerprint density at radius 2 is 2.35 bits per heavy atom. The Balaban J connectivity index is 1.99. The molecule has 2 heterocycles. The van der Waals surface area contributed by atoms with Crippen molar-refractivity contribution in [1.82, 2.24) is 10.6 Å². The highest BCUT2D eigenvalue weighted by Crippen LogP contribution is 2.47. The lowest BCUT2D eigenvalue weighted by atomic mass is 9.82. The van der Waals surface area contributed by atoms with E-state index >= 15 is 0 Å². The average molecular weight is 293 g/mol. The fraction of sp³-hybridized carbons (Fsp3) is 0.467. The molecule has 108 valence electrons. The quantitative estimate of drug-likeness (QED) is 0.820. The van der Waals surface area contributed by atoms with Crippen molar-refractivity contribution in [3.63, 3.8) is 0 Å². The third-order valence-corrected chi connectivity index (χ3v) is 5.27. The van der Waals surface area contributed by atoms with E-state index in [9.17, 15) is 4.39 Å². The number of piperidine rings is 1. The number of likely N-dealkylation sites (N-methyl/N-ethyl adjacent to an activating group) is 1. The molecule has 0 radical (unpaired) electrons. The number of hydrogen-bond acceptors (Lipinski definition) is 4. The lowest BCUT2D eigenvalue weighted by Crippen LogP contribution is -2.56. The van der Waals surface area contributed by atoms with Gasteiger partial charge < -0.3 is 14.9 Å². The van der Waals surface area contributed by atoms with Gasteiger partial charge in [-0.15, -0.1) is 0 Å². The average Bonchev–Trinajstić information content (AvgIpc) is 2.76. The molecular weight excluding hydrogens is 273 g/mol. The van der Waals surface area contributed by atoms with Crippen LogP contribution in [0.2, 0.25) is 0 Å². The van der Waals surface area contributed by atoms with Crippen molar-refractivity contribution < 1.29 is 4.39 Å². The van der Waals surface area contributed by atoms with Crippen LogP contribution in [0.5, 0.6) is 0 Å². The Bertz CT molecular complexity index is 534. The van der Waals surface area contributed by atoms with Gasteiger partial charge in [0, 0.05) is 24.2 Å². The van der Waals surface area contributed by atoms with E-state index in [0.717, 1.165) is 25.1 Å². The molecule has 1 aromatic rings. The summed E-state index contributed by atoms with van der Waals surface area (Å²) in [6.07, 6.45) is 2.04. The summed E-state index contributed by atoms with van der Waals surface area (Å²) in [7, 11) is 1.97. The standard InChI is InChI=1S/C15H20FN3S/c1-11-9-15(6-7-18-11)14(17-2)10-20-19(15)13-5-3-4-12(16)8-13/h3-5,8,10-11,17-18H,6-7,9H2,1-2H3/t11-,15+/m0/s1. The predicted molar refractivity (Wildman–Crippen MR) is 83.0 cm³/mol. The van der Waals surface area contributed by atoms with E-state index in [0.29, 0.717) is 6.04 Å². The highest BCUT2D eigenvalue weighted by molar-refractivity contribution is 8.03. The second-order valence-corrected chi connectivity index (χ2v) is 6.31. The van der Waals surface area contributed by atoms with Crippen molar-refractivity contribution >= 4 is 17.6 Å². The van der Waals surface area contributed by atoms with Gasteiger partial charge in [-0.3, -0.25) is 0 Å². The van der Waals surface area contributed by atoms with Crippen LogP contribution in [0.15, 0.2) is 35.4 Å². The summed E-state index contributed by atoms with van der Waals surface area (Å²) < 4.78 is 15.8. The summed E-state index contributed by atoms with van der Waals surface area (Å²) in [4.78, 5) is 0. The van der Waals surface area contributed by atoms with Crippen LogP contribution >= 0.6 is 11.9 Å². The lowest BCUT2D eigenvalue weighted by Gasteiger charge is -2.45. The van der Waals surface area contributed by atoms with Crippen molar-refractivity contribution in [1.29, 1.82) is 0 Å². The fourth-order valence-electron chi connectivity index (χ4n) is 3.26. The molecule has 20 heavy (non-hydrogen) atoms. The van der Waals surface area contributed by atoms with Gasteiger partial charge in [0.1, 0.15) is 5.82 Å². The molecule has 2 N–H and O–H groups in total. The van der Waals surface area contributed by atoms with Gasteiger partial charge in [-0.1, -0.05) is 6.07 Å². The second kappa shape index (κ2) is 5.30. The van der Waals surface area contributed by atoms with Crippen LogP contribution in [-0.4, -0.2) is 25.2 Å². The van der Waals surface area contributed by atoms with Crippen LogP contribution in [0.1, 0.15) is 19.8 Å². The highest BCUT2D eigenvalue weighted by atomic mass is 32.2. The van der Waals surface area contributed by atoms with Crippen molar-refractivity contribution in [2.45, 2.75) is 31.3 Å². The molecule has 0 aromatic heterocycles. The maximum absolute atomic E-state index is 13.6. The minimum Gasteiger partial charge on any atom is -0.389 e. The van der Waals surface area contributed by atoms with Crippen LogP contribution in [0.4, 0.5) is 10.1 Å². The number of halogens is 1. The van der Waals surface area contributed by atoms with E-state index in [1.165, 1.54) is 11.8 Å². The first-order chi connectivity index (χ1) is 9.65. The van der Waals surface area contributed by atoms with E-state index in [1.807, 2.05) is 13.1 Å². The maximum atomic E-state index is 13.6. The van der Waals surface area contributed by atoms with E-state index in [1.54, 1.807) is 24.1 Å². The van der Waals surface area contributed by atoms with E-state index in [-0.39, 0.29) is 11.4 Å². The zero-order valence-corrected chi connectivity index (χ0v) is 12.6. The van der Waals surface area contributed by atoms with Gasteiger partial charge in [-0.25, -0.2) is 4.39 Å². The molecule has 2 aliphatic rings. The number of rotatable bonds is 2. The number of benzene rings is 1. The van der Waals surface area contributed by atoms with Gasteiger partial charge >= 0.3 is 0 Å². The fourth-order valence-corrected chi connectivity index (χ4v) is 4.51. The van der Waals surface area contributed by atoms with Crippen molar-refractivity contribution in [2.24, 2.45) is 0 Å². The van der Waals surface area contributed by atoms with Gasteiger partial charge in [-0.2, -0.15) is 0 Å². The zero-order valence-electron chi connectivity index (χ0n) is 11.8. The summed E-state index contributed by atoms with van der Waals surface area (Å²) in [5.41, 5.74) is 2.11. The highest BCUT2D eigenvalue weighted by Gasteiger charge is 2.47. The summed E-state index contributed by atoms with van der Waals surface area (Å²) in [5, 5.41) is 8.99. The second-order valence-electron chi connectivity index (χ2n) is 5.50. The SMILES string of the molecule is CNC1=CSN(c2cccc(F)c2)[C@@]12CCN[C@@H](C)C2. The molecule has 1 fully saturated rings. The molecule has 0 bridgehead atoms.